The van der Waals surface area contributed by atoms with Gasteiger partial charge in [0.05, 0.1) is 0 Å². The Morgan fingerprint density at radius 3 is 2.50 bits per heavy atom. The fourth-order valence-corrected chi connectivity index (χ4v) is 2.31. The summed E-state index contributed by atoms with van der Waals surface area (Å²) in [5.74, 6) is 1.58. The highest BCUT2D eigenvalue weighted by atomic mass is 16.4. The van der Waals surface area contributed by atoms with E-state index in [9.17, 15) is 4.79 Å². The summed E-state index contributed by atoms with van der Waals surface area (Å²) in [5, 5.41) is 0. The average Bonchev–Trinajstić information content (AvgIpc) is 3.05. The number of hydrogen-bond acceptors (Lipinski definition) is 2. The lowest BCUT2D eigenvalue weighted by atomic mass is 9.98. The van der Waals surface area contributed by atoms with Gasteiger partial charge in [0.25, 0.3) is 0 Å². The van der Waals surface area contributed by atoms with E-state index >= 15 is 0 Å². The van der Waals surface area contributed by atoms with Gasteiger partial charge >= 0.3 is 5.63 Å². The largest absolute Gasteiger partial charge is 0.428 e. The lowest BCUT2D eigenvalue weighted by molar-refractivity contribution is 0.445. The molecule has 1 aromatic heterocycles. The summed E-state index contributed by atoms with van der Waals surface area (Å²) in [7, 11) is 0. The maximum Gasteiger partial charge on any atom is 0.336 e. The molecule has 1 saturated carbocycles. The second kappa shape index (κ2) is 4.86. The molecule has 0 radical (unpaired) electrons. The quantitative estimate of drug-likeness (QED) is 0.761. The van der Waals surface area contributed by atoms with Crippen LogP contribution in [0, 0.1) is 0 Å². The topological polar surface area (TPSA) is 30.2 Å². The van der Waals surface area contributed by atoms with Crippen molar-refractivity contribution in [1.82, 2.24) is 0 Å². The Bertz CT molecular complexity index is 413. The molecule has 0 bridgehead atoms. The molecule has 0 aliphatic heterocycles. The van der Waals surface area contributed by atoms with Crippen molar-refractivity contribution in [2.75, 3.05) is 0 Å². The van der Waals surface area contributed by atoms with Crippen molar-refractivity contribution in [3.63, 3.8) is 0 Å². The molecule has 0 amide bonds. The predicted octanol–water partition coefficient (Wildman–Crippen LogP) is 3.42. The zero-order chi connectivity index (χ0) is 11.5. The lowest BCUT2D eigenvalue weighted by Crippen LogP contribution is -2.08. The van der Waals surface area contributed by atoms with Crippen LogP contribution < -0.4 is 5.63 Å². The van der Waals surface area contributed by atoms with Crippen LogP contribution in [-0.2, 0) is 12.8 Å². The van der Waals surface area contributed by atoms with Crippen molar-refractivity contribution in [2.45, 2.75) is 58.3 Å². The number of rotatable bonds is 5. The minimum atomic E-state index is -0.162. The van der Waals surface area contributed by atoms with Crippen LogP contribution in [0.2, 0.25) is 0 Å². The minimum Gasteiger partial charge on any atom is -0.428 e. The van der Waals surface area contributed by atoms with Gasteiger partial charge < -0.3 is 4.42 Å². The highest BCUT2D eigenvalue weighted by molar-refractivity contribution is 5.34. The van der Waals surface area contributed by atoms with Crippen molar-refractivity contribution < 1.29 is 4.42 Å². The Morgan fingerprint density at radius 1 is 1.25 bits per heavy atom. The third-order valence-corrected chi connectivity index (χ3v) is 3.18. The molecule has 2 rings (SSSR count). The van der Waals surface area contributed by atoms with E-state index in [4.69, 9.17) is 4.42 Å². The molecule has 1 heterocycles. The molecule has 0 unspecified atom stereocenters. The van der Waals surface area contributed by atoms with Crippen molar-refractivity contribution in [2.24, 2.45) is 0 Å². The lowest BCUT2D eigenvalue weighted by Gasteiger charge is -2.11. The normalized spacial score (nSPS) is 15.4. The van der Waals surface area contributed by atoms with Crippen LogP contribution in [0.25, 0.3) is 0 Å². The van der Waals surface area contributed by atoms with Crippen LogP contribution in [-0.4, -0.2) is 0 Å². The van der Waals surface area contributed by atoms with Crippen LogP contribution in [0.3, 0.4) is 0 Å². The van der Waals surface area contributed by atoms with Crippen LogP contribution in [0.5, 0.6) is 0 Å². The molecule has 0 spiro atoms. The van der Waals surface area contributed by atoms with E-state index in [2.05, 4.69) is 13.8 Å². The molecule has 1 aromatic rings. The molecule has 0 atom stereocenters. The number of aryl methyl sites for hydroxylation is 1. The average molecular weight is 220 g/mol. The molecule has 1 aliphatic rings. The van der Waals surface area contributed by atoms with E-state index in [1.165, 1.54) is 24.0 Å². The summed E-state index contributed by atoms with van der Waals surface area (Å²) >= 11 is 0. The highest BCUT2D eigenvalue weighted by Crippen LogP contribution is 2.42. The van der Waals surface area contributed by atoms with E-state index in [0.29, 0.717) is 5.92 Å². The zero-order valence-electron chi connectivity index (χ0n) is 10.2. The fraction of sp³-hybridized carbons (Fsp3) is 0.643. The summed E-state index contributed by atoms with van der Waals surface area (Å²) in [5.41, 5.74) is 2.44. The maximum absolute atomic E-state index is 11.5. The van der Waals surface area contributed by atoms with Crippen LogP contribution in [0.15, 0.2) is 15.3 Å². The van der Waals surface area contributed by atoms with Crippen LogP contribution in [0.4, 0.5) is 0 Å². The predicted molar refractivity (Wildman–Crippen MR) is 64.9 cm³/mol. The van der Waals surface area contributed by atoms with Gasteiger partial charge in [0.1, 0.15) is 5.76 Å². The maximum atomic E-state index is 11.5. The Morgan fingerprint density at radius 2 is 1.94 bits per heavy atom. The van der Waals surface area contributed by atoms with Gasteiger partial charge in [0.15, 0.2) is 0 Å². The molecule has 16 heavy (non-hydrogen) atoms. The second-order valence-corrected chi connectivity index (χ2v) is 4.70. The van der Waals surface area contributed by atoms with Gasteiger partial charge in [-0.2, -0.15) is 0 Å². The van der Waals surface area contributed by atoms with E-state index < -0.39 is 0 Å². The highest BCUT2D eigenvalue weighted by Gasteiger charge is 2.28. The molecule has 0 saturated heterocycles. The zero-order valence-corrected chi connectivity index (χ0v) is 10.2. The van der Waals surface area contributed by atoms with Gasteiger partial charge in [-0.25, -0.2) is 4.79 Å². The second-order valence-electron chi connectivity index (χ2n) is 4.70. The molecule has 1 fully saturated rings. The Labute approximate surface area is 96.7 Å². The van der Waals surface area contributed by atoms with E-state index in [1.807, 2.05) is 0 Å². The smallest absolute Gasteiger partial charge is 0.336 e. The molecule has 2 nitrogen and oxygen atoms in total. The third kappa shape index (κ3) is 2.37. The van der Waals surface area contributed by atoms with Crippen molar-refractivity contribution in [3.8, 4) is 0 Å². The van der Waals surface area contributed by atoms with Crippen LogP contribution in [0.1, 0.15) is 62.3 Å². The molecule has 2 heteroatoms. The van der Waals surface area contributed by atoms with Crippen molar-refractivity contribution in [3.05, 3.63) is 33.4 Å². The minimum absolute atomic E-state index is 0.162. The summed E-state index contributed by atoms with van der Waals surface area (Å²) in [6.45, 7) is 4.30. The first-order chi connectivity index (χ1) is 7.76. The van der Waals surface area contributed by atoms with Gasteiger partial charge in [0.2, 0.25) is 0 Å². The van der Waals surface area contributed by atoms with E-state index in [1.54, 1.807) is 6.07 Å². The van der Waals surface area contributed by atoms with Gasteiger partial charge in [-0.3, -0.25) is 0 Å². The third-order valence-electron chi connectivity index (χ3n) is 3.18. The molecular formula is C14H20O2. The molecule has 88 valence electrons. The Balaban J connectivity index is 2.43. The molecule has 0 N–H and O–H groups in total. The van der Waals surface area contributed by atoms with E-state index in [-0.39, 0.29) is 5.63 Å². The Kier molecular flexibility index (Phi) is 3.47. The standard InChI is InChI=1S/C14H20O2/c1-3-5-11-12(10-7-8-10)9-14(15)16-13(11)6-4-2/h9-10H,3-8H2,1-2H3. The first-order valence-electron chi connectivity index (χ1n) is 6.42. The van der Waals surface area contributed by atoms with E-state index in [0.717, 1.165) is 31.4 Å². The van der Waals surface area contributed by atoms with Gasteiger partial charge in [-0.15, -0.1) is 0 Å². The molecule has 1 aliphatic carbocycles. The SMILES string of the molecule is CCCc1oc(=O)cc(C2CC2)c1CCC. The molecule has 0 aromatic carbocycles. The summed E-state index contributed by atoms with van der Waals surface area (Å²) < 4.78 is 5.36. The van der Waals surface area contributed by atoms with Gasteiger partial charge in [-0.1, -0.05) is 20.3 Å². The summed E-state index contributed by atoms with van der Waals surface area (Å²) in [6, 6.07) is 1.72. The monoisotopic (exact) mass is 220 g/mol. The fourth-order valence-electron chi connectivity index (χ4n) is 2.31. The van der Waals surface area contributed by atoms with Crippen molar-refractivity contribution >= 4 is 0 Å². The van der Waals surface area contributed by atoms with Gasteiger partial charge in [0, 0.05) is 12.5 Å². The summed E-state index contributed by atoms with van der Waals surface area (Å²) in [4.78, 5) is 11.5. The van der Waals surface area contributed by atoms with Crippen LogP contribution >= 0.6 is 0 Å². The first kappa shape index (κ1) is 11.4. The van der Waals surface area contributed by atoms with Gasteiger partial charge in [-0.05, 0) is 42.7 Å². The number of hydrogen-bond donors (Lipinski definition) is 0. The molecular weight excluding hydrogens is 200 g/mol. The van der Waals surface area contributed by atoms with Crippen molar-refractivity contribution in [1.29, 1.82) is 0 Å². The Hall–Kier alpha value is -1.05. The first-order valence-corrected chi connectivity index (χ1v) is 6.42. The summed E-state index contributed by atoms with van der Waals surface area (Å²) in [6.07, 6.45) is 6.57.